The van der Waals surface area contributed by atoms with Gasteiger partial charge in [0.15, 0.2) is 0 Å². The van der Waals surface area contributed by atoms with Gasteiger partial charge in [-0.25, -0.2) is 0 Å². The van der Waals surface area contributed by atoms with Gasteiger partial charge < -0.3 is 17.2 Å². The molecule has 2 aromatic carbocycles. The van der Waals surface area contributed by atoms with Gasteiger partial charge in [-0.15, -0.1) is 0 Å². The summed E-state index contributed by atoms with van der Waals surface area (Å²) < 4.78 is 0. The summed E-state index contributed by atoms with van der Waals surface area (Å²) in [4.78, 5) is 14.0. The van der Waals surface area contributed by atoms with Crippen molar-refractivity contribution in [1.29, 1.82) is 0 Å². The fourth-order valence-corrected chi connectivity index (χ4v) is 2.03. The van der Waals surface area contributed by atoms with Crippen LogP contribution in [0.2, 0.25) is 0 Å². The van der Waals surface area contributed by atoms with E-state index < -0.39 is 0 Å². The molecule has 0 radical (unpaired) electrons. The molecule has 0 aliphatic heterocycles. The quantitative estimate of drug-likeness (QED) is 0.863. The number of likely N-dealkylation sites (N-methyl/N-ethyl adjacent to an activating group) is 1. The van der Waals surface area contributed by atoms with Gasteiger partial charge in [0.05, 0.1) is 5.92 Å². The molecule has 0 saturated carbocycles. The van der Waals surface area contributed by atoms with E-state index in [1.54, 1.807) is 19.0 Å². The number of benzene rings is 2. The van der Waals surface area contributed by atoms with E-state index in [0.29, 0.717) is 0 Å². The Morgan fingerprint density at radius 3 is 1.39 bits per heavy atom. The first kappa shape index (κ1) is 23.1. The lowest BCUT2D eigenvalue weighted by molar-refractivity contribution is -0.129. The van der Waals surface area contributed by atoms with E-state index in [4.69, 9.17) is 0 Å². The summed E-state index contributed by atoms with van der Waals surface area (Å²) in [5.74, 6) is -0.116. The van der Waals surface area contributed by atoms with Crippen LogP contribution in [0, 0.1) is 0 Å². The average Bonchev–Trinajstić information content (AvgIpc) is 2.50. The predicted octanol–water partition coefficient (Wildman–Crippen LogP) is 4.65. The molecule has 0 saturated heterocycles. The second-order valence-electron chi connectivity index (χ2n) is 5.19. The van der Waals surface area contributed by atoms with Crippen LogP contribution in [0.4, 0.5) is 0 Å². The van der Waals surface area contributed by atoms with Gasteiger partial charge >= 0.3 is 0 Å². The molecule has 0 unspecified atom stereocenters. The number of carbonyl (C=O) groups excluding carboxylic acids is 1. The van der Waals surface area contributed by atoms with Crippen LogP contribution in [0.5, 0.6) is 0 Å². The first-order chi connectivity index (χ1) is 10.1. The van der Waals surface area contributed by atoms with Gasteiger partial charge in [0.2, 0.25) is 5.91 Å². The largest absolute Gasteiger partial charge is 0.348 e. The molecule has 23 heavy (non-hydrogen) atoms. The molecule has 0 atom stereocenters. The minimum atomic E-state index is -0.220. The van der Waals surface area contributed by atoms with Crippen LogP contribution < -0.4 is 12.3 Å². The maximum atomic E-state index is 12.4. The Bertz CT molecular complexity index is 487. The Balaban J connectivity index is 0. The molecule has 0 aliphatic carbocycles. The van der Waals surface area contributed by atoms with Crippen LogP contribution in [0.25, 0.3) is 0 Å². The predicted molar refractivity (Wildman–Crippen MR) is 99.4 cm³/mol. The van der Waals surface area contributed by atoms with Crippen molar-refractivity contribution < 1.29 is 4.79 Å². The third kappa shape index (κ3) is 7.08. The fraction of sp³-hybridized carbons (Fsp3) is 0.316. The molecule has 4 nitrogen and oxygen atoms in total. The van der Waals surface area contributed by atoms with Gasteiger partial charge in [-0.3, -0.25) is 4.79 Å². The molecule has 0 aliphatic rings. The highest BCUT2D eigenvalue weighted by molar-refractivity contribution is 5.86. The minimum Gasteiger partial charge on any atom is -0.348 e. The molecule has 0 heterocycles. The number of amides is 1. The smallest absolute Gasteiger partial charge is 0.234 e. The molecule has 1 amide bonds. The number of hydrogen-bond donors (Lipinski definition) is 2. The topological polar surface area (TPSA) is 90.3 Å². The molecule has 6 N–H and O–H groups in total. The lowest BCUT2D eigenvalue weighted by Gasteiger charge is -2.21. The number of hydrogen-bond acceptors (Lipinski definition) is 3. The normalized spacial score (nSPS) is 8.91. The molecule has 2 aromatic rings. The van der Waals surface area contributed by atoms with Gasteiger partial charge in [0.25, 0.3) is 0 Å². The second-order valence-corrected chi connectivity index (χ2v) is 5.19. The van der Waals surface area contributed by atoms with E-state index in [2.05, 4.69) is 13.8 Å². The molecule has 0 fully saturated rings. The SMILES string of the molecule is CCC.CN(C)C(=O)C(c1ccccc1)c1ccccc1.N.N. The van der Waals surface area contributed by atoms with Crippen molar-refractivity contribution in [3.05, 3.63) is 71.8 Å². The van der Waals surface area contributed by atoms with Crippen LogP contribution in [0.3, 0.4) is 0 Å². The highest BCUT2D eigenvalue weighted by atomic mass is 16.2. The zero-order valence-corrected chi connectivity index (χ0v) is 14.8. The molecular weight excluding hydrogens is 286 g/mol. The first-order valence-corrected chi connectivity index (χ1v) is 7.42. The van der Waals surface area contributed by atoms with Crippen molar-refractivity contribution in [2.24, 2.45) is 0 Å². The van der Waals surface area contributed by atoms with E-state index in [0.717, 1.165) is 11.1 Å². The monoisotopic (exact) mass is 317 g/mol. The van der Waals surface area contributed by atoms with Gasteiger partial charge in [-0.1, -0.05) is 80.9 Å². The van der Waals surface area contributed by atoms with Crippen molar-refractivity contribution in [1.82, 2.24) is 17.2 Å². The summed E-state index contributed by atoms with van der Waals surface area (Å²) in [6, 6.07) is 19.8. The maximum Gasteiger partial charge on any atom is 0.234 e. The second kappa shape index (κ2) is 12.4. The number of carbonyl (C=O) groups is 1. The molecule has 0 bridgehead atoms. The molecule has 2 rings (SSSR count). The Labute approximate surface area is 140 Å². The van der Waals surface area contributed by atoms with Crippen LogP contribution in [-0.2, 0) is 4.79 Å². The third-order valence-electron chi connectivity index (χ3n) is 2.95. The third-order valence-corrected chi connectivity index (χ3v) is 2.95. The van der Waals surface area contributed by atoms with Crippen LogP contribution in [-0.4, -0.2) is 24.9 Å². The lowest BCUT2D eigenvalue weighted by Crippen LogP contribution is -2.28. The maximum absolute atomic E-state index is 12.4. The Morgan fingerprint density at radius 2 is 1.13 bits per heavy atom. The van der Waals surface area contributed by atoms with Crippen molar-refractivity contribution in [2.75, 3.05) is 14.1 Å². The Morgan fingerprint density at radius 1 is 0.826 bits per heavy atom. The van der Waals surface area contributed by atoms with E-state index in [-0.39, 0.29) is 24.1 Å². The van der Waals surface area contributed by atoms with E-state index in [1.165, 1.54) is 6.42 Å². The molecule has 128 valence electrons. The molecule has 4 heteroatoms. The van der Waals surface area contributed by atoms with Crippen LogP contribution in [0.1, 0.15) is 37.3 Å². The summed E-state index contributed by atoms with van der Waals surface area (Å²) in [5, 5.41) is 0. The highest BCUT2D eigenvalue weighted by Crippen LogP contribution is 2.25. The highest BCUT2D eigenvalue weighted by Gasteiger charge is 2.23. The molecular formula is C19H31N3O. The number of nitrogens with zero attached hydrogens (tertiary/aromatic N) is 1. The molecule has 0 spiro atoms. The fourth-order valence-electron chi connectivity index (χ4n) is 2.03. The van der Waals surface area contributed by atoms with Crippen LogP contribution in [0.15, 0.2) is 60.7 Å². The standard InChI is InChI=1S/C16H17NO.C3H8.2H3N/c1-17(2)16(18)15(13-9-5-3-6-10-13)14-11-7-4-8-12-14;1-3-2;;/h3-12,15H,1-2H3;3H2,1-2H3;2*1H3. The van der Waals surface area contributed by atoms with Crippen LogP contribution >= 0.6 is 0 Å². The summed E-state index contributed by atoms with van der Waals surface area (Å²) in [5.41, 5.74) is 2.06. The Hall–Kier alpha value is -2.17. The Kier molecular flexibility index (Phi) is 12.4. The molecule has 0 aromatic heterocycles. The summed E-state index contributed by atoms with van der Waals surface area (Å²) in [6.45, 7) is 4.25. The van der Waals surface area contributed by atoms with E-state index in [9.17, 15) is 4.79 Å². The first-order valence-electron chi connectivity index (χ1n) is 7.42. The minimum absolute atomic E-state index is 0. The zero-order valence-electron chi connectivity index (χ0n) is 14.8. The lowest BCUT2D eigenvalue weighted by atomic mass is 9.90. The van der Waals surface area contributed by atoms with Crippen molar-refractivity contribution >= 4 is 5.91 Å². The van der Waals surface area contributed by atoms with Crippen molar-refractivity contribution in [3.8, 4) is 0 Å². The van der Waals surface area contributed by atoms with Gasteiger partial charge in [-0.2, -0.15) is 0 Å². The van der Waals surface area contributed by atoms with Crippen molar-refractivity contribution in [2.45, 2.75) is 26.2 Å². The summed E-state index contributed by atoms with van der Waals surface area (Å²) in [7, 11) is 3.59. The van der Waals surface area contributed by atoms with Gasteiger partial charge in [-0.05, 0) is 11.1 Å². The van der Waals surface area contributed by atoms with E-state index >= 15 is 0 Å². The van der Waals surface area contributed by atoms with Gasteiger partial charge in [0.1, 0.15) is 0 Å². The average molecular weight is 317 g/mol. The zero-order chi connectivity index (χ0) is 15.7. The summed E-state index contributed by atoms with van der Waals surface area (Å²) in [6.07, 6.45) is 1.25. The van der Waals surface area contributed by atoms with E-state index in [1.807, 2.05) is 60.7 Å². The van der Waals surface area contributed by atoms with Gasteiger partial charge in [0, 0.05) is 14.1 Å². The number of rotatable bonds is 3. The van der Waals surface area contributed by atoms with Crippen molar-refractivity contribution in [3.63, 3.8) is 0 Å². The summed E-state index contributed by atoms with van der Waals surface area (Å²) >= 11 is 0.